The summed E-state index contributed by atoms with van der Waals surface area (Å²) in [5.41, 5.74) is 1.15. The van der Waals surface area contributed by atoms with Gasteiger partial charge in [0.1, 0.15) is 0 Å². The van der Waals surface area contributed by atoms with Crippen LogP contribution >= 0.6 is 11.3 Å². The van der Waals surface area contributed by atoms with Gasteiger partial charge < -0.3 is 10.2 Å². The van der Waals surface area contributed by atoms with Crippen LogP contribution in [0.4, 0.5) is 4.79 Å². The molecule has 1 aliphatic rings. The van der Waals surface area contributed by atoms with Gasteiger partial charge in [-0.3, -0.25) is 4.68 Å². The number of hydrogen-bond donors (Lipinski definition) is 1. The molecule has 1 unspecified atom stereocenters. The maximum absolute atomic E-state index is 12.3. The molecule has 1 saturated heterocycles. The van der Waals surface area contributed by atoms with E-state index in [1.54, 1.807) is 16.0 Å². The highest BCUT2D eigenvalue weighted by Crippen LogP contribution is 2.34. The summed E-state index contributed by atoms with van der Waals surface area (Å²) in [7, 11) is 1.90. The number of thiophene rings is 1. The highest BCUT2D eigenvalue weighted by Gasteiger charge is 2.30. The number of nitrogens with zero attached hydrogens (tertiary/aromatic N) is 3. The molecule has 0 spiro atoms. The Morgan fingerprint density at radius 2 is 2.48 bits per heavy atom. The lowest BCUT2D eigenvalue weighted by atomic mass is 10.2. The van der Waals surface area contributed by atoms with Crippen molar-refractivity contribution in [2.45, 2.75) is 25.3 Å². The molecule has 0 radical (unpaired) electrons. The molecular formula is C15H20N4OS. The van der Waals surface area contributed by atoms with Crippen molar-refractivity contribution in [3.05, 3.63) is 40.3 Å². The van der Waals surface area contributed by atoms with E-state index in [2.05, 4.69) is 27.9 Å². The third kappa shape index (κ3) is 3.26. The predicted molar refractivity (Wildman–Crippen MR) is 83.3 cm³/mol. The Hall–Kier alpha value is -1.82. The first-order valence-electron chi connectivity index (χ1n) is 7.29. The van der Waals surface area contributed by atoms with E-state index in [9.17, 15) is 4.79 Å². The minimum atomic E-state index is 0.0507. The van der Waals surface area contributed by atoms with Crippen LogP contribution in [0, 0.1) is 0 Å². The van der Waals surface area contributed by atoms with Gasteiger partial charge >= 0.3 is 6.03 Å². The Labute approximate surface area is 128 Å². The lowest BCUT2D eigenvalue weighted by molar-refractivity contribution is 0.194. The zero-order valence-electron chi connectivity index (χ0n) is 12.2. The lowest BCUT2D eigenvalue weighted by Gasteiger charge is -2.24. The van der Waals surface area contributed by atoms with Crippen LogP contribution in [0.3, 0.4) is 0 Å². The summed E-state index contributed by atoms with van der Waals surface area (Å²) < 4.78 is 1.78. The first-order chi connectivity index (χ1) is 10.2. The largest absolute Gasteiger partial charge is 0.338 e. The van der Waals surface area contributed by atoms with E-state index in [0.29, 0.717) is 6.54 Å². The van der Waals surface area contributed by atoms with E-state index < -0.39 is 0 Å². The number of rotatable bonds is 4. The normalized spacial score (nSPS) is 18.1. The third-order valence-corrected chi connectivity index (χ3v) is 4.81. The number of likely N-dealkylation sites (tertiary alicyclic amines) is 1. The molecule has 1 fully saturated rings. The molecule has 2 aromatic heterocycles. The second-order valence-corrected chi connectivity index (χ2v) is 6.35. The molecule has 6 heteroatoms. The van der Waals surface area contributed by atoms with E-state index in [1.807, 2.05) is 24.3 Å². The number of amides is 2. The average Bonchev–Trinajstić information content (AvgIpc) is 3.19. The fraction of sp³-hybridized carbons (Fsp3) is 0.467. The molecule has 112 valence electrons. The molecule has 0 bridgehead atoms. The lowest BCUT2D eigenvalue weighted by Crippen LogP contribution is -2.40. The van der Waals surface area contributed by atoms with Crippen LogP contribution in [0.25, 0.3) is 0 Å². The fourth-order valence-corrected chi connectivity index (χ4v) is 3.68. The minimum Gasteiger partial charge on any atom is -0.338 e. The number of nitrogens with one attached hydrogen (secondary N) is 1. The Bertz CT molecular complexity index is 593. The number of aromatic nitrogens is 2. The first kappa shape index (κ1) is 14.1. The molecular weight excluding hydrogens is 284 g/mol. The van der Waals surface area contributed by atoms with Gasteiger partial charge in [0.15, 0.2) is 0 Å². The van der Waals surface area contributed by atoms with Crippen molar-refractivity contribution in [2.75, 3.05) is 13.1 Å². The molecule has 1 atom stereocenters. The van der Waals surface area contributed by atoms with Gasteiger partial charge in [0.2, 0.25) is 0 Å². The van der Waals surface area contributed by atoms with Gasteiger partial charge in [-0.1, -0.05) is 6.07 Å². The molecule has 0 aliphatic carbocycles. The van der Waals surface area contributed by atoms with Gasteiger partial charge in [0.05, 0.1) is 12.2 Å². The summed E-state index contributed by atoms with van der Waals surface area (Å²) in [5.74, 6) is 0. The molecule has 5 nitrogen and oxygen atoms in total. The summed E-state index contributed by atoms with van der Waals surface area (Å²) >= 11 is 1.73. The van der Waals surface area contributed by atoms with Crippen molar-refractivity contribution in [3.63, 3.8) is 0 Å². The quantitative estimate of drug-likeness (QED) is 0.944. The number of carbonyl (C=O) groups is 1. The van der Waals surface area contributed by atoms with Gasteiger partial charge in [-0.25, -0.2) is 4.79 Å². The summed E-state index contributed by atoms with van der Waals surface area (Å²) in [6, 6.07) is 4.48. The van der Waals surface area contributed by atoms with Crippen LogP contribution in [-0.4, -0.2) is 33.8 Å². The molecule has 0 saturated carbocycles. The van der Waals surface area contributed by atoms with Crippen LogP contribution in [0.1, 0.15) is 29.3 Å². The third-order valence-electron chi connectivity index (χ3n) is 3.83. The summed E-state index contributed by atoms with van der Waals surface area (Å²) in [5, 5.41) is 9.24. The zero-order chi connectivity index (χ0) is 14.7. The Morgan fingerprint density at radius 1 is 1.57 bits per heavy atom. The van der Waals surface area contributed by atoms with E-state index in [4.69, 9.17) is 0 Å². The van der Waals surface area contributed by atoms with Crippen LogP contribution in [-0.2, 0) is 13.5 Å². The fourth-order valence-electron chi connectivity index (χ4n) is 2.80. The number of carbonyl (C=O) groups excluding carboxylic acids is 1. The maximum Gasteiger partial charge on any atom is 0.317 e. The van der Waals surface area contributed by atoms with Gasteiger partial charge in [-0.15, -0.1) is 11.3 Å². The van der Waals surface area contributed by atoms with Crippen molar-refractivity contribution >= 4 is 17.4 Å². The molecule has 1 aliphatic heterocycles. The van der Waals surface area contributed by atoms with Crippen LogP contribution in [0.15, 0.2) is 29.9 Å². The summed E-state index contributed by atoms with van der Waals surface area (Å²) in [4.78, 5) is 15.6. The number of hydrogen-bond acceptors (Lipinski definition) is 3. The maximum atomic E-state index is 12.3. The molecule has 3 heterocycles. The van der Waals surface area contributed by atoms with E-state index in [0.717, 1.165) is 31.4 Å². The van der Waals surface area contributed by atoms with Crippen molar-refractivity contribution in [3.8, 4) is 0 Å². The minimum absolute atomic E-state index is 0.0507. The molecule has 0 aromatic carbocycles. The molecule has 2 aromatic rings. The van der Waals surface area contributed by atoms with Gasteiger partial charge in [0.25, 0.3) is 0 Å². The summed E-state index contributed by atoms with van der Waals surface area (Å²) in [6.45, 7) is 1.50. The second kappa shape index (κ2) is 6.30. The van der Waals surface area contributed by atoms with Crippen molar-refractivity contribution in [1.82, 2.24) is 20.0 Å². The zero-order valence-corrected chi connectivity index (χ0v) is 13.0. The number of urea groups is 1. The van der Waals surface area contributed by atoms with E-state index in [-0.39, 0.29) is 12.1 Å². The second-order valence-electron chi connectivity index (χ2n) is 5.37. The predicted octanol–water partition coefficient (Wildman–Crippen LogP) is 2.57. The van der Waals surface area contributed by atoms with Crippen LogP contribution in [0.2, 0.25) is 0 Å². The average molecular weight is 304 g/mol. The van der Waals surface area contributed by atoms with Crippen molar-refractivity contribution < 1.29 is 4.79 Å². The van der Waals surface area contributed by atoms with Gasteiger partial charge in [-0.05, 0) is 36.3 Å². The van der Waals surface area contributed by atoms with Crippen LogP contribution < -0.4 is 5.32 Å². The number of aryl methyl sites for hydroxylation is 1. The molecule has 2 amide bonds. The van der Waals surface area contributed by atoms with Gasteiger partial charge in [0, 0.05) is 31.2 Å². The van der Waals surface area contributed by atoms with E-state index in [1.165, 1.54) is 4.88 Å². The highest BCUT2D eigenvalue weighted by atomic mass is 32.1. The van der Waals surface area contributed by atoms with Crippen molar-refractivity contribution in [2.24, 2.45) is 7.05 Å². The summed E-state index contributed by atoms with van der Waals surface area (Å²) in [6.07, 6.45) is 6.79. The van der Waals surface area contributed by atoms with Crippen LogP contribution in [0.5, 0.6) is 0 Å². The smallest absolute Gasteiger partial charge is 0.317 e. The standard InChI is InChI=1S/C15H20N4OS/c1-18-11-12(10-17-18)6-7-16-15(20)19-8-2-4-13(19)14-5-3-9-21-14/h3,5,9-11,13H,2,4,6-8H2,1H3,(H,16,20). The topological polar surface area (TPSA) is 50.2 Å². The molecule has 21 heavy (non-hydrogen) atoms. The Balaban J connectivity index is 1.52. The van der Waals surface area contributed by atoms with Gasteiger partial charge in [-0.2, -0.15) is 5.10 Å². The Kier molecular flexibility index (Phi) is 4.24. The molecule has 1 N–H and O–H groups in total. The monoisotopic (exact) mass is 304 g/mol. The molecule has 3 rings (SSSR count). The van der Waals surface area contributed by atoms with E-state index >= 15 is 0 Å². The Morgan fingerprint density at radius 3 is 3.19 bits per heavy atom. The van der Waals surface area contributed by atoms with Crippen molar-refractivity contribution in [1.29, 1.82) is 0 Å². The highest BCUT2D eigenvalue weighted by molar-refractivity contribution is 7.10. The first-order valence-corrected chi connectivity index (χ1v) is 8.17. The SMILES string of the molecule is Cn1cc(CCNC(=O)N2CCCC2c2cccs2)cn1.